The van der Waals surface area contributed by atoms with Gasteiger partial charge in [0.15, 0.2) is 0 Å². The van der Waals surface area contributed by atoms with Crippen LogP contribution in [0.2, 0.25) is 10.6 Å². The van der Waals surface area contributed by atoms with Gasteiger partial charge in [0.1, 0.15) is 23.0 Å². The Morgan fingerprint density at radius 1 is 0.442 bits per heavy atom. The molecule has 9 rings (SSSR count). The zero-order valence-electron chi connectivity index (χ0n) is 22.7. The summed E-state index contributed by atoms with van der Waals surface area (Å²) in [5, 5.41) is 1.60. The highest BCUT2D eigenvalue weighted by atomic mass is 35.5. The number of rotatable bonds is 0. The molecule has 0 saturated heterocycles. The van der Waals surface area contributed by atoms with Gasteiger partial charge in [-0.15, -0.1) is 9.97 Å². The van der Waals surface area contributed by atoms with Crippen LogP contribution in [0.15, 0.2) is 84.9 Å². The Hall–Kier alpha value is -5.06. The van der Waals surface area contributed by atoms with Crippen LogP contribution in [-0.4, -0.2) is 29.9 Å². The van der Waals surface area contributed by atoms with Gasteiger partial charge in [-0.1, -0.05) is 50.2 Å². The molecule has 5 heterocycles. The number of benzene rings is 4. The van der Waals surface area contributed by atoms with Gasteiger partial charge in [0, 0.05) is 5.41 Å². The highest BCUT2D eigenvalue weighted by Crippen LogP contribution is 2.35. The Labute approximate surface area is 255 Å². The van der Waals surface area contributed by atoms with Crippen molar-refractivity contribution in [3.8, 4) is 47.0 Å². The third kappa shape index (κ3) is 5.70. The maximum absolute atomic E-state index is 6.18. The van der Waals surface area contributed by atoms with E-state index in [4.69, 9.17) is 42.1 Å². The number of hydrogen-bond donors (Lipinski definition) is 0. The Morgan fingerprint density at radius 3 is 1.19 bits per heavy atom. The third-order valence-corrected chi connectivity index (χ3v) is 7.24. The maximum Gasteiger partial charge on any atom is 0.329 e. The van der Waals surface area contributed by atoms with Gasteiger partial charge in [-0.3, -0.25) is 0 Å². The van der Waals surface area contributed by atoms with Crippen LogP contribution in [0.1, 0.15) is 25.0 Å². The van der Waals surface area contributed by atoms with E-state index >= 15 is 0 Å². The van der Waals surface area contributed by atoms with Crippen LogP contribution in [0.4, 0.5) is 0 Å². The second kappa shape index (κ2) is 10.6. The summed E-state index contributed by atoms with van der Waals surface area (Å²) in [4.78, 5) is 25.0. The summed E-state index contributed by atoms with van der Waals surface area (Å²) >= 11 is 12.4. The molecule has 0 amide bonds. The lowest BCUT2D eigenvalue weighted by atomic mass is 9.78. The van der Waals surface area contributed by atoms with Crippen LogP contribution in [-0.2, 0) is 5.41 Å². The third-order valence-electron chi connectivity index (χ3n) is 6.91. The Kier molecular flexibility index (Phi) is 6.64. The number of ether oxygens (including phenoxy) is 4. The molecule has 0 atom stereocenters. The van der Waals surface area contributed by atoms with Gasteiger partial charge < -0.3 is 18.9 Å². The molecule has 4 aromatic carbocycles. The monoisotopic (exact) mass is 610 g/mol. The summed E-state index contributed by atoms with van der Waals surface area (Å²) in [6, 6.07) is 26.2. The first-order chi connectivity index (χ1) is 20.8. The van der Waals surface area contributed by atoms with Crippen molar-refractivity contribution >= 4 is 34.0 Å². The van der Waals surface area contributed by atoms with Gasteiger partial charge >= 0.3 is 24.0 Å². The molecule has 2 aromatic heterocycles. The van der Waals surface area contributed by atoms with E-state index in [1.165, 1.54) is 0 Å². The number of fused-ring (bicyclic) bond motifs is 2. The molecule has 6 aromatic rings. The maximum atomic E-state index is 6.18. The van der Waals surface area contributed by atoms with E-state index < -0.39 is 0 Å². The largest absolute Gasteiger partial charge is 0.424 e. The van der Waals surface area contributed by atoms with Gasteiger partial charge in [-0.25, -0.2) is 0 Å². The molecule has 3 aliphatic rings. The summed E-state index contributed by atoms with van der Waals surface area (Å²) in [6.07, 6.45) is 0. The van der Waals surface area contributed by atoms with E-state index in [9.17, 15) is 0 Å². The molecule has 0 N–H and O–H groups in total. The van der Waals surface area contributed by atoms with Crippen molar-refractivity contribution in [2.45, 2.75) is 19.3 Å². The lowest BCUT2D eigenvalue weighted by Crippen LogP contribution is -2.18. The van der Waals surface area contributed by atoms with Gasteiger partial charge in [0.25, 0.3) is 0 Å². The molecule has 0 radical (unpaired) electrons. The van der Waals surface area contributed by atoms with Gasteiger partial charge in [0.2, 0.25) is 10.6 Å². The second-order valence-electron chi connectivity index (χ2n) is 10.1. The van der Waals surface area contributed by atoms with E-state index in [-0.39, 0.29) is 40.0 Å². The fourth-order valence-electron chi connectivity index (χ4n) is 4.61. The molecule has 11 bridgehead atoms. The van der Waals surface area contributed by atoms with Gasteiger partial charge in [0.05, 0.1) is 0 Å². The first kappa shape index (κ1) is 26.8. The van der Waals surface area contributed by atoms with Crippen molar-refractivity contribution < 1.29 is 18.9 Å². The Bertz CT molecular complexity index is 1850. The lowest BCUT2D eigenvalue weighted by Gasteiger charge is -2.26. The smallest absolute Gasteiger partial charge is 0.329 e. The predicted octanol–water partition coefficient (Wildman–Crippen LogP) is 8.33. The molecule has 0 fully saturated rings. The number of aromatic nitrogens is 6. The van der Waals surface area contributed by atoms with Gasteiger partial charge in [-0.2, -0.15) is 19.9 Å². The molecular weight excluding hydrogens is 591 g/mol. The summed E-state index contributed by atoms with van der Waals surface area (Å²) in [5.74, 6) is 1.98. The molecule has 43 heavy (non-hydrogen) atoms. The minimum Gasteiger partial charge on any atom is -0.424 e. The van der Waals surface area contributed by atoms with Gasteiger partial charge in [-0.05, 0) is 93.6 Å². The van der Waals surface area contributed by atoms with Crippen LogP contribution >= 0.6 is 23.2 Å². The number of nitrogens with zero attached hydrogens (tertiary/aromatic N) is 6. The van der Waals surface area contributed by atoms with Crippen molar-refractivity contribution in [3.63, 3.8) is 0 Å². The Morgan fingerprint density at radius 2 is 0.791 bits per heavy atom. The van der Waals surface area contributed by atoms with E-state index in [1.54, 1.807) is 24.3 Å². The van der Waals surface area contributed by atoms with Crippen LogP contribution in [0.5, 0.6) is 47.0 Å². The topological polar surface area (TPSA) is 114 Å². The fraction of sp³-hybridized carbons (Fsp3) is 0.0968. The first-order valence-electron chi connectivity index (χ1n) is 13.1. The molecular formula is C31H20Cl2N6O4. The quantitative estimate of drug-likeness (QED) is 0.166. The molecule has 0 spiro atoms. The standard InChI is InChI=1S/C31H20Cl2N6O4/c1-31(2)19-5-11-21(12-6-19)40-27-34-25(32)36-29(38-27)42-23-9-3-17-4-10-24(16-18(17)15-23)43-30-37-26(33)35-28(39-30)41-22-13-7-20(31)8-14-22/h3-16H,1-2H3. The average molecular weight is 611 g/mol. The minimum atomic E-state index is -0.338. The summed E-state index contributed by atoms with van der Waals surface area (Å²) in [5.41, 5.74) is 1.78. The highest BCUT2D eigenvalue weighted by Gasteiger charge is 2.24. The molecule has 12 heteroatoms. The lowest BCUT2D eigenvalue weighted by molar-refractivity contribution is 0.397. The zero-order valence-corrected chi connectivity index (χ0v) is 24.2. The minimum absolute atomic E-state index is 0.00101. The van der Waals surface area contributed by atoms with E-state index in [1.807, 2.05) is 60.7 Å². The van der Waals surface area contributed by atoms with Crippen molar-refractivity contribution in [1.82, 2.24) is 29.9 Å². The van der Waals surface area contributed by atoms with E-state index in [0.717, 1.165) is 21.9 Å². The molecule has 212 valence electrons. The Balaban J connectivity index is 1.32. The van der Waals surface area contributed by atoms with Crippen LogP contribution in [0.3, 0.4) is 0 Å². The fourth-order valence-corrected chi connectivity index (χ4v) is 4.90. The van der Waals surface area contributed by atoms with E-state index in [0.29, 0.717) is 23.0 Å². The molecule has 0 saturated carbocycles. The molecule has 3 aliphatic heterocycles. The summed E-state index contributed by atoms with van der Waals surface area (Å²) < 4.78 is 23.7. The molecule has 10 nitrogen and oxygen atoms in total. The number of halogens is 2. The van der Waals surface area contributed by atoms with Crippen LogP contribution in [0, 0.1) is 0 Å². The second-order valence-corrected chi connectivity index (χ2v) is 10.8. The zero-order chi connectivity index (χ0) is 29.6. The van der Waals surface area contributed by atoms with Crippen LogP contribution in [0.25, 0.3) is 10.8 Å². The average Bonchev–Trinajstić information content (AvgIpc) is 2.96. The van der Waals surface area contributed by atoms with Crippen molar-refractivity contribution in [1.29, 1.82) is 0 Å². The summed E-state index contributed by atoms with van der Waals surface area (Å²) in [6.45, 7) is 4.25. The molecule has 0 aliphatic carbocycles. The molecule has 0 unspecified atom stereocenters. The first-order valence-corrected chi connectivity index (χ1v) is 13.8. The number of hydrogen-bond acceptors (Lipinski definition) is 10. The van der Waals surface area contributed by atoms with Crippen molar-refractivity contribution in [2.24, 2.45) is 0 Å². The predicted molar refractivity (Wildman–Crippen MR) is 159 cm³/mol. The highest BCUT2D eigenvalue weighted by molar-refractivity contribution is 6.28. The van der Waals surface area contributed by atoms with Crippen molar-refractivity contribution in [3.05, 3.63) is 107 Å². The SMILES string of the molecule is CC1(C)c2ccc(cc2)Oc2nc(Cl)nc(n2)Oc2ccc3ccc(cc3c2)Oc2nc(Cl)nc(n2)Oc2ccc1cc2. The normalized spacial score (nSPS) is 13.6. The van der Waals surface area contributed by atoms with Crippen LogP contribution < -0.4 is 18.9 Å². The van der Waals surface area contributed by atoms with Crippen molar-refractivity contribution in [2.75, 3.05) is 0 Å². The van der Waals surface area contributed by atoms with E-state index in [2.05, 4.69) is 43.8 Å². The summed E-state index contributed by atoms with van der Waals surface area (Å²) in [7, 11) is 0.